The Hall–Kier alpha value is -1.83. The van der Waals surface area contributed by atoms with Gasteiger partial charge in [-0.2, -0.15) is 0 Å². The van der Waals surface area contributed by atoms with Crippen molar-refractivity contribution < 1.29 is 24.3 Å². The quantitative estimate of drug-likeness (QED) is 0.443. The van der Waals surface area contributed by atoms with E-state index >= 15 is 0 Å². The van der Waals surface area contributed by atoms with E-state index < -0.39 is 24.6 Å². The summed E-state index contributed by atoms with van der Waals surface area (Å²) >= 11 is 0. The van der Waals surface area contributed by atoms with E-state index in [-0.39, 0.29) is 5.91 Å². The number of carboxylic acid groups (broad SMARTS) is 1. The average Bonchev–Trinajstić information content (AvgIpc) is 2.21. The number of hydroxylamine groups is 1. The summed E-state index contributed by atoms with van der Waals surface area (Å²) in [6.07, 6.45) is 1.34. The van der Waals surface area contributed by atoms with Gasteiger partial charge in [-0.25, -0.2) is 15.1 Å². The molecule has 1 unspecified atom stereocenters. The van der Waals surface area contributed by atoms with Crippen molar-refractivity contribution in [1.82, 2.24) is 16.1 Å². The highest BCUT2D eigenvalue weighted by atomic mass is 16.7. The first-order valence-electron chi connectivity index (χ1n) is 4.77. The molecule has 1 fully saturated rings. The molecule has 90 valence electrons. The first kappa shape index (κ1) is 12.2. The van der Waals surface area contributed by atoms with Gasteiger partial charge in [0, 0.05) is 6.54 Å². The molecule has 8 heteroatoms. The lowest BCUT2D eigenvalue weighted by molar-refractivity contribution is -0.144. The lowest BCUT2D eigenvalue weighted by Gasteiger charge is -2.22. The Labute approximate surface area is 91.3 Å². The van der Waals surface area contributed by atoms with Crippen LogP contribution in [0, 0.1) is 0 Å². The zero-order chi connectivity index (χ0) is 12.0. The molecule has 1 aliphatic heterocycles. The van der Waals surface area contributed by atoms with Crippen molar-refractivity contribution in [2.45, 2.75) is 18.9 Å². The van der Waals surface area contributed by atoms with E-state index in [9.17, 15) is 14.4 Å². The number of carbonyl (C=O) groups excluding carboxylic acids is 2. The molecule has 1 atom stereocenters. The summed E-state index contributed by atoms with van der Waals surface area (Å²) in [6, 6.07) is -1.33. The van der Waals surface area contributed by atoms with Crippen LogP contribution in [-0.4, -0.2) is 42.2 Å². The van der Waals surface area contributed by atoms with Gasteiger partial charge in [0.1, 0.15) is 6.04 Å². The van der Waals surface area contributed by atoms with Crippen LogP contribution in [0.15, 0.2) is 0 Å². The third-order valence-corrected chi connectivity index (χ3v) is 1.95. The van der Waals surface area contributed by atoms with Gasteiger partial charge < -0.3 is 15.7 Å². The summed E-state index contributed by atoms with van der Waals surface area (Å²) < 4.78 is 0. The maximum Gasteiger partial charge on any atom is 0.339 e. The molecule has 16 heavy (non-hydrogen) atoms. The number of carboxylic acids is 1. The number of hydrogen-bond acceptors (Lipinski definition) is 4. The van der Waals surface area contributed by atoms with Crippen LogP contribution in [0.2, 0.25) is 0 Å². The zero-order valence-electron chi connectivity index (χ0n) is 8.49. The van der Waals surface area contributed by atoms with Crippen LogP contribution >= 0.6 is 0 Å². The summed E-state index contributed by atoms with van der Waals surface area (Å²) in [7, 11) is 0. The molecule has 0 bridgehead atoms. The van der Waals surface area contributed by atoms with E-state index in [1.54, 1.807) is 0 Å². The minimum absolute atomic E-state index is 0.250. The Morgan fingerprint density at radius 1 is 1.56 bits per heavy atom. The van der Waals surface area contributed by atoms with Gasteiger partial charge in [-0.05, 0) is 12.8 Å². The van der Waals surface area contributed by atoms with Gasteiger partial charge in [0.2, 0.25) is 5.91 Å². The second-order valence-corrected chi connectivity index (χ2v) is 3.24. The molecule has 8 nitrogen and oxygen atoms in total. The number of aliphatic carboxylic acids is 1. The Morgan fingerprint density at radius 2 is 2.31 bits per heavy atom. The summed E-state index contributed by atoms with van der Waals surface area (Å²) in [5.74, 6) is -1.45. The highest BCUT2D eigenvalue weighted by molar-refractivity contribution is 5.87. The molecule has 1 saturated heterocycles. The molecular formula is C8H13N3O5. The van der Waals surface area contributed by atoms with E-state index in [2.05, 4.69) is 15.5 Å². The van der Waals surface area contributed by atoms with Gasteiger partial charge in [0.15, 0.2) is 6.61 Å². The first-order chi connectivity index (χ1) is 7.59. The van der Waals surface area contributed by atoms with Crippen molar-refractivity contribution in [3.63, 3.8) is 0 Å². The summed E-state index contributed by atoms with van der Waals surface area (Å²) in [5, 5.41) is 13.2. The van der Waals surface area contributed by atoms with Crippen molar-refractivity contribution in [3.05, 3.63) is 0 Å². The lowest BCUT2D eigenvalue weighted by Crippen LogP contribution is -2.52. The summed E-state index contributed by atoms with van der Waals surface area (Å²) in [5.41, 5.74) is 1.87. The van der Waals surface area contributed by atoms with Crippen molar-refractivity contribution in [2.24, 2.45) is 0 Å². The molecule has 0 aliphatic carbocycles. The van der Waals surface area contributed by atoms with Crippen LogP contribution in [0.3, 0.4) is 0 Å². The number of nitrogens with one attached hydrogen (secondary N) is 3. The molecule has 0 spiro atoms. The third kappa shape index (κ3) is 4.13. The monoisotopic (exact) mass is 231 g/mol. The molecule has 1 heterocycles. The molecular weight excluding hydrogens is 218 g/mol. The maximum absolute atomic E-state index is 11.2. The number of amides is 3. The molecule has 3 amide bonds. The second kappa shape index (κ2) is 5.91. The smallest absolute Gasteiger partial charge is 0.339 e. The first-order valence-corrected chi connectivity index (χ1v) is 4.77. The van der Waals surface area contributed by atoms with Gasteiger partial charge >= 0.3 is 12.0 Å². The zero-order valence-corrected chi connectivity index (χ0v) is 8.49. The topological polar surface area (TPSA) is 117 Å². The van der Waals surface area contributed by atoms with Gasteiger partial charge in [0.25, 0.3) is 0 Å². The Balaban J connectivity index is 2.22. The molecule has 1 aliphatic rings. The molecule has 1 rings (SSSR count). The van der Waals surface area contributed by atoms with E-state index in [4.69, 9.17) is 5.11 Å². The van der Waals surface area contributed by atoms with Crippen molar-refractivity contribution in [1.29, 1.82) is 0 Å². The molecule has 0 aromatic heterocycles. The fourth-order valence-corrected chi connectivity index (χ4v) is 1.26. The van der Waals surface area contributed by atoms with E-state index in [1.807, 2.05) is 5.48 Å². The Morgan fingerprint density at radius 3 is 2.94 bits per heavy atom. The maximum atomic E-state index is 11.2. The van der Waals surface area contributed by atoms with E-state index in [0.29, 0.717) is 13.0 Å². The SMILES string of the molecule is O=C(O)CONC(=O)NC1CCCNC1=O. The van der Waals surface area contributed by atoms with Gasteiger partial charge in [-0.15, -0.1) is 0 Å². The molecule has 0 radical (unpaired) electrons. The highest BCUT2D eigenvalue weighted by Crippen LogP contribution is 2.02. The number of rotatable bonds is 4. The Bertz CT molecular complexity index is 293. The normalized spacial score (nSPS) is 19.8. The fourth-order valence-electron chi connectivity index (χ4n) is 1.26. The van der Waals surface area contributed by atoms with Crippen molar-refractivity contribution in [2.75, 3.05) is 13.2 Å². The standard InChI is InChI=1S/C8H13N3O5/c12-6(13)4-16-11-8(15)10-5-2-1-3-9-7(5)14/h5H,1-4H2,(H,9,14)(H,12,13)(H2,10,11,15). The van der Waals surface area contributed by atoms with Crippen LogP contribution < -0.4 is 16.1 Å². The predicted molar refractivity (Wildman–Crippen MR) is 51.3 cm³/mol. The minimum atomic E-state index is -1.20. The molecule has 0 saturated carbocycles. The lowest BCUT2D eigenvalue weighted by atomic mass is 10.1. The third-order valence-electron chi connectivity index (χ3n) is 1.95. The highest BCUT2D eigenvalue weighted by Gasteiger charge is 2.23. The average molecular weight is 231 g/mol. The molecule has 0 aromatic rings. The fraction of sp³-hybridized carbons (Fsp3) is 0.625. The molecule has 4 N–H and O–H groups in total. The van der Waals surface area contributed by atoms with Gasteiger partial charge in [-0.3, -0.25) is 9.63 Å². The van der Waals surface area contributed by atoms with Gasteiger partial charge in [0.05, 0.1) is 0 Å². The van der Waals surface area contributed by atoms with E-state index in [0.717, 1.165) is 6.42 Å². The predicted octanol–water partition coefficient (Wildman–Crippen LogP) is -1.42. The molecule has 0 aromatic carbocycles. The van der Waals surface area contributed by atoms with Crippen molar-refractivity contribution >= 4 is 17.9 Å². The van der Waals surface area contributed by atoms with Crippen LogP contribution in [0.25, 0.3) is 0 Å². The second-order valence-electron chi connectivity index (χ2n) is 3.24. The number of hydrogen-bond donors (Lipinski definition) is 4. The van der Waals surface area contributed by atoms with Crippen LogP contribution in [-0.2, 0) is 14.4 Å². The number of carbonyl (C=O) groups is 3. The van der Waals surface area contributed by atoms with Crippen LogP contribution in [0.1, 0.15) is 12.8 Å². The van der Waals surface area contributed by atoms with Crippen LogP contribution in [0.5, 0.6) is 0 Å². The number of urea groups is 1. The van der Waals surface area contributed by atoms with Crippen LogP contribution in [0.4, 0.5) is 4.79 Å². The van der Waals surface area contributed by atoms with E-state index in [1.165, 1.54) is 0 Å². The largest absolute Gasteiger partial charge is 0.479 e. The van der Waals surface area contributed by atoms with Crippen molar-refractivity contribution in [3.8, 4) is 0 Å². The Kier molecular flexibility index (Phi) is 4.52. The minimum Gasteiger partial charge on any atom is -0.479 e. The van der Waals surface area contributed by atoms with Gasteiger partial charge in [-0.1, -0.05) is 0 Å². The summed E-state index contributed by atoms with van der Waals surface area (Å²) in [6.45, 7) is -0.0293. The summed E-state index contributed by atoms with van der Waals surface area (Å²) in [4.78, 5) is 36.7. The number of piperidine rings is 1.